The van der Waals surface area contributed by atoms with E-state index < -0.39 is 5.91 Å². The lowest BCUT2D eigenvalue weighted by atomic mass is 10.0. The number of amides is 3. The molecule has 5 nitrogen and oxygen atoms in total. The van der Waals surface area contributed by atoms with E-state index in [1.165, 1.54) is 4.90 Å². The number of likely N-dealkylation sites (tertiary alicyclic amines) is 1. The van der Waals surface area contributed by atoms with Crippen molar-refractivity contribution in [3.8, 4) is 0 Å². The Morgan fingerprint density at radius 2 is 2.23 bits per heavy atom. The van der Waals surface area contributed by atoms with E-state index in [1.807, 2.05) is 6.92 Å². The van der Waals surface area contributed by atoms with Crippen LogP contribution in [0.5, 0.6) is 0 Å². The SMILES string of the molecule is CCN(C)C(=O)N1CCC1C(N)=O. The summed E-state index contributed by atoms with van der Waals surface area (Å²) in [6.07, 6.45) is 0.693. The number of carbonyl (C=O) groups is 2. The Labute approximate surface area is 77.5 Å². The first kappa shape index (κ1) is 9.83. The molecule has 0 aromatic carbocycles. The lowest BCUT2D eigenvalue weighted by molar-refractivity contribution is -0.125. The summed E-state index contributed by atoms with van der Waals surface area (Å²) >= 11 is 0. The Hall–Kier alpha value is -1.26. The van der Waals surface area contributed by atoms with Crippen molar-refractivity contribution in [2.24, 2.45) is 5.73 Å². The second-order valence-electron chi connectivity index (χ2n) is 3.20. The number of urea groups is 1. The van der Waals surface area contributed by atoms with Crippen molar-refractivity contribution >= 4 is 11.9 Å². The van der Waals surface area contributed by atoms with Gasteiger partial charge in [-0.15, -0.1) is 0 Å². The molecule has 1 rings (SSSR count). The maximum absolute atomic E-state index is 11.5. The standard InChI is InChI=1S/C8H15N3O2/c1-3-10(2)8(13)11-5-4-6(11)7(9)12/h6H,3-5H2,1-2H3,(H2,9,12). The minimum absolute atomic E-state index is 0.113. The average molecular weight is 185 g/mol. The topological polar surface area (TPSA) is 66.6 Å². The second-order valence-corrected chi connectivity index (χ2v) is 3.20. The third kappa shape index (κ3) is 1.74. The average Bonchev–Trinajstić information content (AvgIpc) is 1.99. The molecule has 1 unspecified atom stereocenters. The zero-order valence-electron chi connectivity index (χ0n) is 7.99. The largest absolute Gasteiger partial charge is 0.368 e. The Balaban J connectivity index is 2.53. The van der Waals surface area contributed by atoms with Crippen LogP contribution in [0.25, 0.3) is 0 Å². The fraction of sp³-hybridized carbons (Fsp3) is 0.750. The van der Waals surface area contributed by atoms with Crippen LogP contribution in [0.4, 0.5) is 4.79 Å². The summed E-state index contributed by atoms with van der Waals surface area (Å²) in [5, 5.41) is 0. The molecule has 13 heavy (non-hydrogen) atoms. The van der Waals surface area contributed by atoms with E-state index in [0.29, 0.717) is 19.5 Å². The third-order valence-corrected chi connectivity index (χ3v) is 2.39. The molecular weight excluding hydrogens is 170 g/mol. The van der Waals surface area contributed by atoms with Gasteiger partial charge in [0.25, 0.3) is 0 Å². The van der Waals surface area contributed by atoms with E-state index in [9.17, 15) is 9.59 Å². The number of rotatable bonds is 2. The number of nitrogens with zero attached hydrogens (tertiary/aromatic N) is 2. The summed E-state index contributed by atoms with van der Waals surface area (Å²) in [5.74, 6) is -0.413. The molecule has 1 heterocycles. The minimum atomic E-state index is -0.413. The van der Waals surface area contributed by atoms with Gasteiger partial charge in [-0.1, -0.05) is 0 Å². The summed E-state index contributed by atoms with van der Waals surface area (Å²) in [6, 6.07) is -0.501. The van der Waals surface area contributed by atoms with E-state index in [2.05, 4.69) is 0 Å². The predicted molar refractivity (Wildman–Crippen MR) is 48.0 cm³/mol. The Morgan fingerprint density at radius 3 is 2.54 bits per heavy atom. The zero-order valence-corrected chi connectivity index (χ0v) is 7.99. The number of hydrogen-bond acceptors (Lipinski definition) is 2. The highest BCUT2D eigenvalue weighted by atomic mass is 16.2. The van der Waals surface area contributed by atoms with Gasteiger partial charge in [0.15, 0.2) is 0 Å². The number of nitrogens with two attached hydrogens (primary N) is 1. The van der Waals surface area contributed by atoms with Crippen LogP contribution in [0, 0.1) is 0 Å². The maximum atomic E-state index is 11.5. The molecule has 2 N–H and O–H groups in total. The fourth-order valence-corrected chi connectivity index (χ4v) is 1.27. The van der Waals surface area contributed by atoms with E-state index in [1.54, 1.807) is 11.9 Å². The van der Waals surface area contributed by atoms with Crippen molar-refractivity contribution in [2.45, 2.75) is 19.4 Å². The van der Waals surface area contributed by atoms with Crippen molar-refractivity contribution in [3.05, 3.63) is 0 Å². The van der Waals surface area contributed by atoms with Gasteiger partial charge in [-0.2, -0.15) is 0 Å². The summed E-state index contributed by atoms with van der Waals surface area (Å²) in [7, 11) is 1.71. The van der Waals surface area contributed by atoms with Crippen LogP contribution in [-0.2, 0) is 4.79 Å². The molecule has 0 spiro atoms. The number of primary amides is 1. The molecule has 0 aromatic rings. The molecule has 0 radical (unpaired) electrons. The van der Waals surface area contributed by atoms with Gasteiger partial charge in [0.2, 0.25) is 5.91 Å². The highest BCUT2D eigenvalue weighted by Gasteiger charge is 2.37. The third-order valence-electron chi connectivity index (χ3n) is 2.39. The van der Waals surface area contributed by atoms with Gasteiger partial charge >= 0.3 is 6.03 Å². The van der Waals surface area contributed by atoms with E-state index in [0.717, 1.165) is 0 Å². The first-order valence-electron chi connectivity index (χ1n) is 4.39. The lowest BCUT2D eigenvalue weighted by Crippen LogP contribution is -2.60. The Kier molecular flexibility index (Phi) is 2.75. The second kappa shape index (κ2) is 3.64. The molecule has 5 heteroatoms. The maximum Gasteiger partial charge on any atom is 0.320 e. The molecular formula is C8H15N3O2. The zero-order chi connectivity index (χ0) is 10.0. The number of carbonyl (C=O) groups excluding carboxylic acids is 2. The lowest BCUT2D eigenvalue weighted by Gasteiger charge is -2.40. The molecule has 0 aliphatic carbocycles. The van der Waals surface area contributed by atoms with Crippen molar-refractivity contribution < 1.29 is 9.59 Å². The minimum Gasteiger partial charge on any atom is -0.368 e. The van der Waals surface area contributed by atoms with Crippen LogP contribution in [-0.4, -0.2) is 47.9 Å². The quantitative estimate of drug-likeness (QED) is 0.637. The van der Waals surface area contributed by atoms with Crippen LogP contribution in [0.15, 0.2) is 0 Å². The van der Waals surface area contributed by atoms with Crippen molar-refractivity contribution in [1.82, 2.24) is 9.80 Å². The van der Waals surface area contributed by atoms with Crippen LogP contribution in [0.1, 0.15) is 13.3 Å². The van der Waals surface area contributed by atoms with Gasteiger partial charge < -0.3 is 15.5 Å². The highest BCUT2D eigenvalue weighted by molar-refractivity contribution is 5.87. The van der Waals surface area contributed by atoms with Gasteiger partial charge in [-0.3, -0.25) is 4.79 Å². The molecule has 1 saturated heterocycles. The van der Waals surface area contributed by atoms with Crippen molar-refractivity contribution in [1.29, 1.82) is 0 Å². The van der Waals surface area contributed by atoms with Crippen LogP contribution in [0.3, 0.4) is 0 Å². The smallest absolute Gasteiger partial charge is 0.320 e. The van der Waals surface area contributed by atoms with Crippen molar-refractivity contribution in [2.75, 3.05) is 20.1 Å². The molecule has 0 bridgehead atoms. The highest BCUT2D eigenvalue weighted by Crippen LogP contribution is 2.18. The molecule has 1 fully saturated rings. The summed E-state index contributed by atoms with van der Waals surface area (Å²) in [4.78, 5) is 25.4. The number of hydrogen-bond donors (Lipinski definition) is 1. The van der Waals surface area contributed by atoms with Gasteiger partial charge in [0, 0.05) is 20.1 Å². The monoisotopic (exact) mass is 185 g/mol. The molecule has 1 atom stereocenters. The van der Waals surface area contributed by atoms with Gasteiger partial charge in [-0.25, -0.2) is 4.79 Å². The molecule has 74 valence electrons. The first-order valence-corrected chi connectivity index (χ1v) is 4.39. The Bertz CT molecular complexity index is 229. The fourth-order valence-electron chi connectivity index (χ4n) is 1.27. The summed E-state index contributed by atoms with van der Waals surface area (Å²) < 4.78 is 0. The summed E-state index contributed by atoms with van der Waals surface area (Å²) in [6.45, 7) is 3.16. The van der Waals surface area contributed by atoms with Crippen LogP contribution < -0.4 is 5.73 Å². The Morgan fingerprint density at radius 1 is 1.62 bits per heavy atom. The molecule has 1 aliphatic heterocycles. The molecule has 1 aliphatic rings. The summed E-state index contributed by atoms with van der Waals surface area (Å²) in [5.41, 5.74) is 5.12. The van der Waals surface area contributed by atoms with Crippen molar-refractivity contribution in [3.63, 3.8) is 0 Å². The molecule has 0 aromatic heterocycles. The molecule has 3 amide bonds. The van der Waals surface area contributed by atoms with E-state index in [4.69, 9.17) is 5.73 Å². The molecule has 0 saturated carbocycles. The van der Waals surface area contributed by atoms with Gasteiger partial charge in [-0.05, 0) is 13.3 Å². The normalized spacial score (nSPS) is 20.8. The predicted octanol–water partition coefficient (Wildman–Crippen LogP) is -0.382. The van der Waals surface area contributed by atoms with E-state index >= 15 is 0 Å². The van der Waals surface area contributed by atoms with E-state index in [-0.39, 0.29) is 12.1 Å². The van der Waals surface area contributed by atoms with Gasteiger partial charge in [0.1, 0.15) is 6.04 Å². The van der Waals surface area contributed by atoms with Gasteiger partial charge in [0.05, 0.1) is 0 Å². The van der Waals surface area contributed by atoms with Crippen LogP contribution in [0.2, 0.25) is 0 Å². The van der Waals surface area contributed by atoms with Crippen LogP contribution >= 0.6 is 0 Å². The first-order chi connectivity index (χ1) is 6.07.